The summed E-state index contributed by atoms with van der Waals surface area (Å²) in [4.78, 5) is 11.8. The number of carbonyl (C=O) groups is 1. The molecule has 1 unspecified atom stereocenters. The summed E-state index contributed by atoms with van der Waals surface area (Å²) in [5.41, 5.74) is 7.24. The zero-order chi connectivity index (χ0) is 13.7. The van der Waals surface area contributed by atoms with Crippen molar-refractivity contribution in [3.05, 3.63) is 29.8 Å². The van der Waals surface area contributed by atoms with Gasteiger partial charge in [0.25, 0.3) is 0 Å². The van der Waals surface area contributed by atoms with Crippen molar-refractivity contribution in [1.82, 2.24) is 0 Å². The number of hydrogen-bond donors (Lipinski definition) is 3. The molecule has 4 N–H and O–H groups in total. The van der Waals surface area contributed by atoms with Gasteiger partial charge in [0.05, 0.1) is 5.92 Å². The van der Waals surface area contributed by atoms with E-state index in [4.69, 9.17) is 10.9 Å². The first-order chi connectivity index (χ1) is 8.45. The van der Waals surface area contributed by atoms with E-state index in [9.17, 15) is 4.79 Å². The summed E-state index contributed by atoms with van der Waals surface area (Å²) in [7, 11) is 0. The number of nitrogens with zero attached hydrogens (tertiary/aromatic N) is 1. The second-order valence-electron chi connectivity index (χ2n) is 4.52. The molecule has 0 saturated heterocycles. The van der Waals surface area contributed by atoms with Crippen LogP contribution in [-0.4, -0.2) is 17.0 Å². The average molecular weight is 249 g/mol. The van der Waals surface area contributed by atoms with Crippen LogP contribution in [0.25, 0.3) is 0 Å². The number of amides is 1. The fourth-order valence-electron chi connectivity index (χ4n) is 1.45. The van der Waals surface area contributed by atoms with Gasteiger partial charge >= 0.3 is 0 Å². The standard InChI is InChI=1S/C13H19N3O2/c1-8(2)10-5-4-6-11(7-10)15-13(17)9(3)12(14)16-18/h4-9,18H,1-3H3,(H2,14,16)(H,15,17). The Labute approximate surface area is 107 Å². The van der Waals surface area contributed by atoms with Crippen LogP contribution in [0.1, 0.15) is 32.3 Å². The molecule has 5 nitrogen and oxygen atoms in total. The average Bonchev–Trinajstić information content (AvgIpc) is 2.37. The van der Waals surface area contributed by atoms with Gasteiger partial charge in [-0.15, -0.1) is 0 Å². The quantitative estimate of drug-likeness (QED) is 0.330. The van der Waals surface area contributed by atoms with Gasteiger partial charge in [0.15, 0.2) is 5.84 Å². The topological polar surface area (TPSA) is 87.7 Å². The zero-order valence-corrected chi connectivity index (χ0v) is 10.8. The van der Waals surface area contributed by atoms with E-state index in [0.29, 0.717) is 11.6 Å². The normalized spacial score (nSPS) is 13.4. The molecule has 0 saturated carbocycles. The molecule has 0 heterocycles. The van der Waals surface area contributed by atoms with Gasteiger partial charge in [-0.25, -0.2) is 0 Å². The molecule has 98 valence electrons. The maximum atomic E-state index is 11.8. The van der Waals surface area contributed by atoms with Gasteiger partial charge in [-0.3, -0.25) is 4.79 Å². The van der Waals surface area contributed by atoms with Crippen LogP contribution in [0.5, 0.6) is 0 Å². The minimum Gasteiger partial charge on any atom is -0.409 e. The summed E-state index contributed by atoms with van der Waals surface area (Å²) < 4.78 is 0. The van der Waals surface area contributed by atoms with E-state index in [1.54, 1.807) is 6.92 Å². The molecule has 0 aliphatic heterocycles. The molecule has 1 aromatic carbocycles. The number of nitrogens with one attached hydrogen (secondary N) is 1. The molecule has 0 aliphatic carbocycles. The minimum atomic E-state index is -0.669. The molecule has 0 aromatic heterocycles. The Kier molecular flexibility index (Phi) is 4.71. The SMILES string of the molecule is CC(C(=O)Nc1cccc(C(C)C)c1)C(N)=NO. The molecule has 18 heavy (non-hydrogen) atoms. The van der Waals surface area contributed by atoms with Crippen LogP contribution in [0.4, 0.5) is 5.69 Å². The fourth-order valence-corrected chi connectivity index (χ4v) is 1.45. The van der Waals surface area contributed by atoms with Crippen LogP contribution in [0.3, 0.4) is 0 Å². The highest BCUT2D eigenvalue weighted by Crippen LogP contribution is 2.18. The van der Waals surface area contributed by atoms with E-state index in [2.05, 4.69) is 24.3 Å². The lowest BCUT2D eigenvalue weighted by Crippen LogP contribution is -2.32. The first-order valence-electron chi connectivity index (χ1n) is 5.84. The van der Waals surface area contributed by atoms with Gasteiger partial charge in [-0.05, 0) is 30.5 Å². The molecular weight excluding hydrogens is 230 g/mol. The number of benzene rings is 1. The third-order valence-corrected chi connectivity index (χ3v) is 2.77. The molecule has 0 radical (unpaired) electrons. The first kappa shape index (κ1) is 14.0. The van der Waals surface area contributed by atoms with Gasteiger partial charge in [0.1, 0.15) is 0 Å². The monoisotopic (exact) mass is 249 g/mol. The Morgan fingerprint density at radius 1 is 1.39 bits per heavy atom. The van der Waals surface area contributed by atoms with Gasteiger partial charge < -0.3 is 16.3 Å². The molecule has 1 atom stereocenters. The summed E-state index contributed by atoms with van der Waals surface area (Å²) in [5, 5.41) is 14.1. The van der Waals surface area contributed by atoms with Crippen molar-refractivity contribution in [3.63, 3.8) is 0 Å². The van der Waals surface area contributed by atoms with E-state index >= 15 is 0 Å². The van der Waals surface area contributed by atoms with E-state index in [0.717, 1.165) is 5.56 Å². The van der Waals surface area contributed by atoms with Crippen LogP contribution >= 0.6 is 0 Å². The lowest BCUT2D eigenvalue weighted by molar-refractivity contribution is -0.117. The molecule has 0 spiro atoms. The highest BCUT2D eigenvalue weighted by Gasteiger charge is 2.17. The molecule has 0 aliphatic rings. The zero-order valence-electron chi connectivity index (χ0n) is 10.8. The summed E-state index contributed by atoms with van der Waals surface area (Å²) in [5.74, 6) is -0.681. The second kappa shape index (κ2) is 6.05. The number of nitrogens with two attached hydrogens (primary N) is 1. The first-order valence-corrected chi connectivity index (χ1v) is 5.84. The molecule has 1 aromatic rings. The molecule has 1 rings (SSSR count). The summed E-state index contributed by atoms with van der Waals surface area (Å²) in [6, 6.07) is 7.62. The third-order valence-electron chi connectivity index (χ3n) is 2.77. The fraction of sp³-hybridized carbons (Fsp3) is 0.385. The van der Waals surface area contributed by atoms with Gasteiger partial charge in [-0.1, -0.05) is 31.1 Å². The van der Waals surface area contributed by atoms with Gasteiger partial charge in [-0.2, -0.15) is 0 Å². The summed E-state index contributed by atoms with van der Waals surface area (Å²) >= 11 is 0. The van der Waals surface area contributed by atoms with Crippen LogP contribution < -0.4 is 11.1 Å². The molecule has 5 heteroatoms. The van der Waals surface area contributed by atoms with Crippen molar-refractivity contribution in [3.8, 4) is 0 Å². The van der Waals surface area contributed by atoms with E-state index < -0.39 is 5.92 Å². The van der Waals surface area contributed by atoms with Crippen LogP contribution in [0.15, 0.2) is 29.4 Å². The number of rotatable bonds is 4. The van der Waals surface area contributed by atoms with Gasteiger partial charge in [0, 0.05) is 5.69 Å². The molecule has 0 fully saturated rings. The Balaban J connectivity index is 2.79. The smallest absolute Gasteiger partial charge is 0.234 e. The van der Waals surface area contributed by atoms with Crippen molar-refractivity contribution in [2.24, 2.45) is 16.8 Å². The van der Waals surface area contributed by atoms with Gasteiger partial charge in [0.2, 0.25) is 5.91 Å². The number of oxime groups is 1. The number of carbonyl (C=O) groups excluding carboxylic acids is 1. The van der Waals surface area contributed by atoms with Crippen LogP contribution in [0, 0.1) is 5.92 Å². The largest absolute Gasteiger partial charge is 0.409 e. The van der Waals surface area contributed by atoms with Crippen molar-refractivity contribution in [2.75, 3.05) is 5.32 Å². The third kappa shape index (κ3) is 3.48. The van der Waals surface area contributed by atoms with Crippen molar-refractivity contribution in [1.29, 1.82) is 0 Å². The predicted octanol–water partition coefficient (Wildman–Crippen LogP) is 2.13. The maximum Gasteiger partial charge on any atom is 0.234 e. The summed E-state index contributed by atoms with van der Waals surface area (Å²) in [6.07, 6.45) is 0. The van der Waals surface area contributed by atoms with Crippen LogP contribution in [-0.2, 0) is 4.79 Å². The van der Waals surface area contributed by atoms with E-state index in [1.807, 2.05) is 24.3 Å². The number of anilines is 1. The predicted molar refractivity (Wildman–Crippen MR) is 71.7 cm³/mol. The molecule has 1 amide bonds. The van der Waals surface area contributed by atoms with Crippen molar-refractivity contribution >= 4 is 17.4 Å². The molecule has 0 bridgehead atoms. The Morgan fingerprint density at radius 3 is 2.61 bits per heavy atom. The van der Waals surface area contributed by atoms with Crippen molar-refractivity contribution in [2.45, 2.75) is 26.7 Å². The van der Waals surface area contributed by atoms with E-state index in [-0.39, 0.29) is 11.7 Å². The highest BCUT2D eigenvalue weighted by atomic mass is 16.4. The van der Waals surface area contributed by atoms with E-state index in [1.165, 1.54) is 0 Å². The Bertz CT molecular complexity index is 455. The highest BCUT2D eigenvalue weighted by molar-refractivity contribution is 6.07. The lowest BCUT2D eigenvalue weighted by Gasteiger charge is -2.12. The van der Waals surface area contributed by atoms with Crippen molar-refractivity contribution < 1.29 is 10.0 Å². The number of hydrogen-bond acceptors (Lipinski definition) is 3. The minimum absolute atomic E-state index is 0.104. The lowest BCUT2D eigenvalue weighted by atomic mass is 10.0. The Hall–Kier alpha value is -2.04. The summed E-state index contributed by atoms with van der Waals surface area (Å²) in [6.45, 7) is 5.75. The van der Waals surface area contributed by atoms with Crippen LogP contribution in [0.2, 0.25) is 0 Å². The molecular formula is C13H19N3O2. The maximum absolute atomic E-state index is 11.8. The number of amidine groups is 1. The second-order valence-corrected chi connectivity index (χ2v) is 4.52. The Morgan fingerprint density at radius 2 is 2.06 bits per heavy atom.